The quantitative estimate of drug-likeness (QED) is 0.851. The summed E-state index contributed by atoms with van der Waals surface area (Å²) < 4.78 is 32.2. The number of sulfonamides is 1. The molecule has 20 heavy (non-hydrogen) atoms. The van der Waals surface area contributed by atoms with Gasteiger partial charge in [0.2, 0.25) is 0 Å². The monoisotopic (exact) mass is 312 g/mol. The molecule has 106 valence electrons. The highest BCUT2D eigenvalue weighted by Crippen LogP contribution is 2.28. The van der Waals surface area contributed by atoms with Crippen LogP contribution in [0.15, 0.2) is 47.4 Å². The molecule has 0 radical (unpaired) electrons. The molecule has 0 saturated heterocycles. The van der Waals surface area contributed by atoms with E-state index in [1.165, 1.54) is 19.2 Å². The van der Waals surface area contributed by atoms with Gasteiger partial charge in [-0.05, 0) is 42.5 Å². The van der Waals surface area contributed by atoms with Gasteiger partial charge in [0.25, 0.3) is 10.0 Å². The van der Waals surface area contributed by atoms with Gasteiger partial charge in [-0.15, -0.1) is 0 Å². The van der Waals surface area contributed by atoms with Crippen molar-refractivity contribution in [3.05, 3.63) is 47.5 Å². The van der Waals surface area contributed by atoms with Crippen molar-refractivity contribution in [3.8, 4) is 5.75 Å². The van der Waals surface area contributed by atoms with Crippen LogP contribution in [0.25, 0.3) is 0 Å². The first kappa shape index (κ1) is 14.5. The summed E-state index contributed by atoms with van der Waals surface area (Å²) in [5, 5.41) is 0.309. The SMILES string of the molecule is COc1ccc(Cl)cc1S(=O)(=O)Nc1ccc(N)cc1. The van der Waals surface area contributed by atoms with Crippen LogP contribution in [0, 0.1) is 0 Å². The lowest BCUT2D eigenvalue weighted by molar-refractivity contribution is 0.403. The minimum Gasteiger partial charge on any atom is -0.495 e. The Hall–Kier alpha value is -1.92. The van der Waals surface area contributed by atoms with E-state index in [1.54, 1.807) is 30.3 Å². The van der Waals surface area contributed by atoms with Gasteiger partial charge in [-0.25, -0.2) is 8.42 Å². The van der Waals surface area contributed by atoms with Crippen molar-refractivity contribution in [2.45, 2.75) is 4.90 Å². The molecule has 5 nitrogen and oxygen atoms in total. The molecular formula is C13H13ClN2O3S. The number of nitrogens with two attached hydrogens (primary N) is 1. The summed E-state index contributed by atoms with van der Waals surface area (Å²) in [7, 11) is -2.40. The summed E-state index contributed by atoms with van der Waals surface area (Å²) >= 11 is 5.84. The van der Waals surface area contributed by atoms with Crippen molar-refractivity contribution in [3.63, 3.8) is 0 Å². The Morgan fingerprint density at radius 2 is 1.80 bits per heavy atom. The number of halogens is 1. The molecule has 0 bridgehead atoms. The third kappa shape index (κ3) is 3.15. The van der Waals surface area contributed by atoms with Crippen molar-refractivity contribution in [1.29, 1.82) is 0 Å². The molecule has 0 fully saturated rings. The first-order chi connectivity index (χ1) is 9.42. The first-order valence-corrected chi connectivity index (χ1v) is 7.50. The minimum atomic E-state index is -3.79. The lowest BCUT2D eigenvalue weighted by atomic mass is 10.3. The molecule has 0 aliphatic carbocycles. The summed E-state index contributed by atoms with van der Waals surface area (Å²) in [6.45, 7) is 0. The van der Waals surface area contributed by atoms with Gasteiger partial charge in [0.05, 0.1) is 7.11 Å². The highest BCUT2D eigenvalue weighted by Gasteiger charge is 2.20. The Balaban J connectivity index is 2.40. The lowest BCUT2D eigenvalue weighted by Crippen LogP contribution is -2.14. The van der Waals surface area contributed by atoms with Crippen LogP contribution < -0.4 is 15.2 Å². The van der Waals surface area contributed by atoms with Gasteiger partial charge in [0.15, 0.2) is 0 Å². The average Bonchev–Trinajstić information content (AvgIpc) is 2.41. The van der Waals surface area contributed by atoms with Crippen molar-refractivity contribution in [2.24, 2.45) is 0 Å². The van der Waals surface area contributed by atoms with Gasteiger partial charge in [-0.1, -0.05) is 11.6 Å². The van der Waals surface area contributed by atoms with Crippen LogP contribution in [0.2, 0.25) is 5.02 Å². The van der Waals surface area contributed by atoms with E-state index in [0.717, 1.165) is 0 Å². The number of ether oxygens (including phenoxy) is 1. The Labute approximate surface area is 122 Å². The van der Waals surface area contributed by atoms with E-state index in [1.807, 2.05) is 0 Å². The number of nitrogen functional groups attached to an aromatic ring is 1. The second kappa shape index (κ2) is 5.60. The van der Waals surface area contributed by atoms with Crippen molar-refractivity contribution in [1.82, 2.24) is 0 Å². The molecule has 0 atom stereocenters. The molecule has 3 N–H and O–H groups in total. The van der Waals surface area contributed by atoms with Gasteiger partial charge < -0.3 is 10.5 Å². The number of hydrogen-bond acceptors (Lipinski definition) is 4. The number of anilines is 2. The van der Waals surface area contributed by atoms with E-state index in [4.69, 9.17) is 22.1 Å². The summed E-state index contributed by atoms with van der Waals surface area (Å²) in [4.78, 5) is -0.0238. The normalized spacial score (nSPS) is 11.1. The fourth-order valence-corrected chi connectivity index (χ4v) is 3.11. The predicted octanol–water partition coefficient (Wildman–Crippen LogP) is 2.73. The molecule has 0 amide bonds. The molecule has 0 heterocycles. The Morgan fingerprint density at radius 1 is 1.15 bits per heavy atom. The molecule has 0 spiro atoms. The Morgan fingerprint density at radius 3 is 2.40 bits per heavy atom. The molecular weight excluding hydrogens is 300 g/mol. The van der Waals surface area contributed by atoms with E-state index in [2.05, 4.69) is 4.72 Å². The van der Waals surface area contributed by atoms with Gasteiger partial charge in [0, 0.05) is 16.4 Å². The molecule has 7 heteroatoms. The van der Waals surface area contributed by atoms with Crippen LogP contribution in [0.4, 0.5) is 11.4 Å². The van der Waals surface area contributed by atoms with Crippen LogP contribution in [-0.4, -0.2) is 15.5 Å². The second-order valence-electron chi connectivity index (χ2n) is 4.02. The van der Waals surface area contributed by atoms with E-state index in [-0.39, 0.29) is 10.6 Å². The van der Waals surface area contributed by atoms with E-state index in [0.29, 0.717) is 16.4 Å². The zero-order valence-corrected chi connectivity index (χ0v) is 12.2. The number of nitrogens with one attached hydrogen (secondary N) is 1. The molecule has 0 aliphatic heterocycles. The summed E-state index contributed by atoms with van der Waals surface area (Å²) in [6.07, 6.45) is 0. The maximum absolute atomic E-state index is 12.3. The van der Waals surface area contributed by atoms with Crippen LogP contribution in [-0.2, 0) is 10.0 Å². The van der Waals surface area contributed by atoms with Gasteiger partial charge >= 0.3 is 0 Å². The third-order valence-electron chi connectivity index (χ3n) is 2.58. The zero-order valence-electron chi connectivity index (χ0n) is 10.6. The van der Waals surface area contributed by atoms with Crippen molar-refractivity contribution < 1.29 is 13.2 Å². The average molecular weight is 313 g/mol. The maximum Gasteiger partial charge on any atom is 0.265 e. The molecule has 0 aromatic heterocycles. The number of rotatable bonds is 4. The van der Waals surface area contributed by atoms with Crippen LogP contribution in [0.5, 0.6) is 5.75 Å². The first-order valence-electron chi connectivity index (χ1n) is 5.64. The molecule has 2 aromatic carbocycles. The smallest absolute Gasteiger partial charge is 0.265 e. The van der Waals surface area contributed by atoms with Gasteiger partial charge in [0.1, 0.15) is 10.6 Å². The molecule has 0 aliphatic rings. The predicted molar refractivity (Wildman–Crippen MR) is 79.7 cm³/mol. The van der Waals surface area contributed by atoms with Crippen LogP contribution >= 0.6 is 11.6 Å². The fraction of sp³-hybridized carbons (Fsp3) is 0.0769. The van der Waals surface area contributed by atoms with E-state index in [9.17, 15) is 8.42 Å². The largest absolute Gasteiger partial charge is 0.495 e. The molecule has 2 aromatic rings. The Bertz CT molecular complexity index is 715. The molecule has 0 saturated carbocycles. The number of methoxy groups -OCH3 is 1. The zero-order chi connectivity index (χ0) is 14.8. The second-order valence-corrected chi connectivity index (χ2v) is 6.11. The summed E-state index contributed by atoms with van der Waals surface area (Å²) in [5.74, 6) is 0.220. The van der Waals surface area contributed by atoms with Gasteiger partial charge in [-0.3, -0.25) is 4.72 Å². The van der Waals surface area contributed by atoms with Crippen molar-refractivity contribution in [2.75, 3.05) is 17.6 Å². The highest BCUT2D eigenvalue weighted by molar-refractivity contribution is 7.92. The van der Waals surface area contributed by atoms with E-state index >= 15 is 0 Å². The summed E-state index contributed by atoms with van der Waals surface area (Å²) in [6, 6.07) is 10.7. The number of hydrogen-bond donors (Lipinski definition) is 2. The van der Waals surface area contributed by atoms with Crippen LogP contribution in [0.1, 0.15) is 0 Å². The lowest BCUT2D eigenvalue weighted by Gasteiger charge is -2.12. The van der Waals surface area contributed by atoms with Gasteiger partial charge in [-0.2, -0.15) is 0 Å². The molecule has 2 rings (SSSR count). The maximum atomic E-state index is 12.3. The summed E-state index contributed by atoms with van der Waals surface area (Å²) in [5.41, 5.74) is 6.51. The van der Waals surface area contributed by atoms with Crippen molar-refractivity contribution >= 4 is 33.0 Å². The minimum absolute atomic E-state index is 0.0238. The fourth-order valence-electron chi connectivity index (χ4n) is 1.62. The Kier molecular flexibility index (Phi) is 4.06. The number of benzene rings is 2. The van der Waals surface area contributed by atoms with E-state index < -0.39 is 10.0 Å². The highest BCUT2D eigenvalue weighted by atomic mass is 35.5. The third-order valence-corrected chi connectivity index (χ3v) is 4.22. The van der Waals surface area contributed by atoms with Crippen LogP contribution in [0.3, 0.4) is 0 Å². The standard InChI is InChI=1S/C13H13ClN2O3S/c1-19-12-7-2-9(14)8-13(12)20(17,18)16-11-5-3-10(15)4-6-11/h2-8,16H,15H2,1H3. The molecule has 0 unspecified atom stereocenters. The topological polar surface area (TPSA) is 81.4 Å².